The quantitative estimate of drug-likeness (QED) is 0.765. The predicted molar refractivity (Wildman–Crippen MR) is 91.1 cm³/mol. The summed E-state index contributed by atoms with van der Waals surface area (Å²) in [5, 5.41) is 13.0. The molecule has 2 atom stereocenters. The maximum Gasteiger partial charge on any atom is 0.123 e. The first-order chi connectivity index (χ1) is 10.6. The van der Waals surface area contributed by atoms with Crippen LogP contribution in [0.4, 0.5) is 0 Å². The van der Waals surface area contributed by atoms with Gasteiger partial charge in [-0.15, -0.1) is 0 Å². The topological polar surface area (TPSA) is 41.5 Å². The molecular weight excluding hydrogens is 274 g/mol. The Labute approximate surface area is 135 Å². The molecule has 2 unspecified atom stereocenters. The van der Waals surface area contributed by atoms with Crippen LogP contribution in [0.25, 0.3) is 0 Å². The van der Waals surface area contributed by atoms with E-state index in [0.29, 0.717) is 12.6 Å². The maximum atomic E-state index is 9.36. The van der Waals surface area contributed by atoms with Crippen LogP contribution in [0.5, 0.6) is 5.75 Å². The Bertz CT molecular complexity index is 427. The first-order valence-corrected chi connectivity index (χ1v) is 8.77. The summed E-state index contributed by atoms with van der Waals surface area (Å²) in [6, 6.07) is 8.63. The first-order valence-electron chi connectivity index (χ1n) is 8.77. The molecule has 2 N–H and O–H groups in total. The highest BCUT2D eigenvalue weighted by Crippen LogP contribution is 2.27. The molecule has 3 nitrogen and oxygen atoms in total. The molecule has 1 saturated carbocycles. The third-order valence-electron chi connectivity index (χ3n) is 4.51. The van der Waals surface area contributed by atoms with Gasteiger partial charge in [-0.2, -0.15) is 0 Å². The van der Waals surface area contributed by atoms with Crippen LogP contribution in [0.3, 0.4) is 0 Å². The summed E-state index contributed by atoms with van der Waals surface area (Å²) in [7, 11) is 0. The summed E-state index contributed by atoms with van der Waals surface area (Å²) >= 11 is 0. The van der Waals surface area contributed by atoms with Crippen LogP contribution in [-0.4, -0.2) is 23.9 Å². The second-order valence-corrected chi connectivity index (χ2v) is 6.79. The second kappa shape index (κ2) is 9.16. The number of para-hydroxylation sites is 1. The van der Waals surface area contributed by atoms with E-state index in [9.17, 15) is 5.11 Å². The fourth-order valence-electron chi connectivity index (χ4n) is 3.29. The normalized spacial score (nSPS) is 18.9. The Kier molecular flexibility index (Phi) is 7.20. The van der Waals surface area contributed by atoms with E-state index < -0.39 is 6.10 Å². The third kappa shape index (κ3) is 5.98. The average Bonchev–Trinajstić information content (AvgIpc) is 2.52. The van der Waals surface area contributed by atoms with Crippen LogP contribution in [0.15, 0.2) is 24.3 Å². The van der Waals surface area contributed by atoms with Crippen molar-refractivity contribution in [2.24, 2.45) is 5.92 Å². The number of nitrogens with one attached hydrogen (secondary N) is 1. The molecule has 3 heteroatoms. The van der Waals surface area contributed by atoms with Gasteiger partial charge in [0.1, 0.15) is 12.4 Å². The molecule has 124 valence electrons. The largest absolute Gasteiger partial charge is 0.491 e. The predicted octanol–water partition coefficient (Wildman–Crippen LogP) is 3.89. The fourth-order valence-corrected chi connectivity index (χ4v) is 3.29. The lowest BCUT2D eigenvalue weighted by Crippen LogP contribution is -2.28. The van der Waals surface area contributed by atoms with Crippen LogP contribution in [0.1, 0.15) is 57.9 Å². The van der Waals surface area contributed by atoms with Crippen molar-refractivity contribution >= 4 is 0 Å². The zero-order chi connectivity index (χ0) is 15.8. The average molecular weight is 305 g/mol. The SMILES string of the molecule is CC(O)COc1ccccc1CNC(C)CC1CCCCC1. The minimum absolute atomic E-state index is 0.342. The Morgan fingerprint density at radius 2 is 1.91 bits per heavy atom. The van der Waals surface area contributed by atoms with Crippen LogP contribution >= 0.6 is 0 Å². The van der Waals surface area contributed by atoms with E-state index in [2.05, 4.69) is 18.3 Å². The molecule has 0 saturated heterocycles. The number of benzene rings is 1. The lowest BCUT2D eigenvalue weighted by Gasteiger charge is -2.25. The smallest absolute Gasteiger partial charge is 0.123 e. The molecule has 0 aromatic heterocycles. The standard InChI is InChI=1S/C19H31NO2/c1-15(12-17-8-4-3-5-9-17)20-13-18-10-6-7-11-19(18)22-14-16(2)21/h6-7,10-11,15-17,20-21H,3-5,8-9,12-14H2,1-2H3. The summed E-state index contributed by atoms with van der Waals surface area (Å²) in [6.07, 6.45) is 7.88. The number of hydrogen-bond acceptors (Lipinski definition) is 3. The lowest BCUT2D eigenvalue weighted by molar-refractivity contribution is 0.122. The molecule has 0 spiro atoms. The number of rotatable bonds is 8. The van der Waals surface area contributed by atoms with Gasteiger partial charge in [-0.05, 0) is 32.3 Å². The van der Waals surface area contributed by atoms with Crippen LogP contribution < -0.4 is 10.1 Å². The second-order valence-electron chi connectivity index (χ2n) is 6.79. The van der Waals surface area contributed by atoms with E-state index in [1.807, 2.05) is 18.2 Å². The van der Waals surface area contributed by atoms with E-state index in [0.717, 1.165) is 18.2 Å². The van der Waals surface area contributed by atoms with Crippen molar-refractivity contribution in [2.75, 3.05) is 6.61 Å². The van der Waals surface area contributed by atoms with Gasteiger partial charge in [0.2, 0.25) is 0 Å². The van der Waals surface area contributed by atoms with Gasteiger partial charge in [0.25, 0.3) is 0 Å². The van der Waals surface area contributed by atoms with E-state index in [1.165, 1.54) is 44.1 Å². The highest BCUT2D eigenvalue weighted by molar-refractivity contribution is 5.33. The molecule has 1 aromatic rings. The molecule has 0 radical (unpaired) electrons. The van der Waals surface area contributed by atoms with E-state index in [-0.39, 0.29) is 0 Å². The third-order valence-corrected chi connectivity index (χ3v) is 4.51. The monoisotopic (exact) mass is 305 g/mol. The summed E-state index contributed by atoms with van der Waals surface area (Å²) in [4.78, 5) is 0. The highest BCUT2D eigenvalue weighted by Gasteiger charge is 2.16. The van der Waals surface area contributed by atoms with E-state index in [4.69, 9.17) is 4.74 Å². The molecule has 0 heterocycles. The Hall–Kier alpha value is -1.06. The van der Waals surface area contributed by atoms with Gasteiger partial charge in [0.15, 0.2) is 0 Å². The van der Waals surface area contributed by atoms with Gasteiger partial charge in [0, 0.05) is 18.2 Å². The van der Waals surface area contributed by atoms with Crippen molar-refractivity contribution in [3.63, 3.8) is 0 Å². The Morgan fingerprint density at radius 1 is 1.18 bits per heavy atom. The molecule has 0 amide bonds. The van der Waals surface area contributed by atoms with Crippen molar-refractivity contribution in [1.29, 1.82) is 0 Å². The summed E-state index contributed by atoms with van der Waals surface area (Å²) < 4.78 is 5.69. The van der Waals surface area contributed by atoms with Crippen LogP contribution in [-0.2, 0) is 6.54 Å². The lowest BCUT2D eigenvalue weighted by atomic mass is 9.85. The molecule has 0 bridgehead atoms. The molecule has 1 aliphatic rings. The van der Waals surface area contributed by atoms with Crippen molar-refractivity contribution in [3.05, 3.63) is 29.8 Å². The number of hydrogen-bond donors (Lipinski definition) is 2. The molecule has 22 heavy (non-hydrogen) atoms. The van der Waals surface area contributed by atoms with Crippen LogP contribution in [0.2, 0.25) is 0 Å². The van der Waals surface area contributed by atoms with Gasteiger partial charge < -0.3 is 15.2 Å². The zero-order valence-electron chi connectivity index (χ0n) is 14.1. The molecule has 1 aromatic carbocycles. The van der Waals surface area contributed by atoms with Gasteiger partial charge >= 0.3 is 0 Å². The maximum absolute atomic E-state index is 9.36. The molecular formula is C19H31NO2. The summed E-state index contributed by atoms with van der Waals surface area (Å²) in [5.41, 5.74) is 1.17. The summed E-state index contributed by atoms with van der Waals surface area (Å²) in [5.74, 6) is 1.78. The van der Waals surface area contributed by atoms with Crippen molar-refractivity contribution < 1.29 is 9.84 Å². The minimum atomic E-state index is -0.439. The fraction of sp³-hybridized carbons (Fsp3) is 0.684. The van der Waals surface area contributed by atoms with E-state index >= 15 is 0 Å². The molecule has 1 aliphatic carbocycles. The minimum Gasteiger partial charge on any atom is -0.491 e. The van der Waals surface area contributed by atoms with Gasteiger partial charge in [0.05, 0.1) is 6.10 Å². The Morgan fingerprint density at radius 3 is 2.64 bits per heavy atom. The highest BCUT2D eigenvalue weighted by atomic mass is 16.5. The summed E-state index contributed by atoms with van der Waals surface area (Å²) in [6.45, 7) is 5.19. The van der Waals surface area contributed by atoms with E-state index in [1.54, 1.807) is 6.92 Å². The molecule has 1 fully saturated rings. The van der Waals surface area contributed by atoms with Crippen molar-refractivity contribution in [2.45, 2.75) is 71.1 Å². The Balaban J connectivity index is 1.79. The number of aliphatic hydroxyl groups is 1. The van der Waals surface area contributed by atoms with Gasteiger partial charge in [-0.25, -0.2) is 0 Å². The first kappa shape index (κ1) is 17.3. The zero-order valence-corrected chi connectivity index (χ0v) is 14.1. The molecule has 0 aliphatic heterocycles. The van der Waals surface area contributed by atoms with Crippen molar-refractivity contribution in [1.82, 2.24) is 5.32 Å². The number of aliphatic hydroxyl groups excluding tert-OH is 1. The van der Waals surface area contributed by atoms with Crippen molar-refractivity contribution in [3.8, 4) is 5.75 Å². The molecule has 2 rings (SSSR count). The number of ether oxygens (including phenoxy) is 1. The van der Waals surface area contributed by atoms with Gasteiger partial charge in [-0.1, -0.05) is 50.3 Å². The van der Waals surface area contributed by atoms with Gasteiger partial charge in [-0.3, -0.25) is 0 Å². The van der Waals surface area contributed by atoms with Crippen LogP contribution in [0, 0.1) is 5.92 Å².